The van der Waals surface area contributed by atoms with Crippen molar-refractivity contribution < 1.29 is 18.0 Å². The zero-order chi connectivity index (χ0) is 31.9. The van der Waals surface area contributed by atoms with Crippen LogP contribution < -0.4 is 26.5 Å². The predicted molar refractivity (Wildman–Crippen MR) is 170 cm³/mol. The van der Waals surface area contributed by atoms with Gasteiger partial charge in [0.1, 0.15) is 11.6 Å². The highest BCUT2D eigenvalue weighted by atomic mass is 19.3. The number of pyridine rings is 1. The second-order valence-corrected chi connectivity index (χ2v) is 10.4. The SMILES string of the molecule is C=c1/c(=C(\N=C/C)NC)c(-c2ccc(CNCc3ncc(C(C)(F)F)cc3C(=O)Nc3ccc(F)cc3)cc2)cn1CCC. The van der Waals surface area contributed by atoms with Crippen LogP contribution in [0.5, 0.6) is 0 Å². The highest BCUT2D eigenvalue weighted by Gasteiger charge is 2.27. The molecule has 2 aromatic carbocycles. The number of aromatic nitrogens is 2. The fourth-order valence-electron chi connectivity index (χ4n) is 4.83. The number of benzene rings is 2. The Kier molecular flexibility index (Phi) is 10.4. The van der Waals surface area contributed by atoms with Crippen molar-refractivity contribution in [2.75, 3.05) is 12.4 Å². The van der Waals surface area contributed by atoms with Gasteiger partial charge >= 0.3 is 0 Å². The number of nitrogens with one attached hydrogen (secondary N) is 3. The van der Waals surface area contributed by atoms with Crippen molar-refractivity contribution in [1.82, 2.24) is 20.2 Å². The molecule has 0 saturated carbocycles. The second kappa shape index (κ2) is 14.2. The van der Waals surface area contributed by atoms with Gasteiger partial charge in [-0.15, -0.1) is 0 Å². The number of anilines is 1. The van der Waals surface area contributed by atoms with Crippen molar-refractivity contribution in [3.05, 3.63) is 106 Å². The Hall–Kier alpha value is -4.70. The molecular formula is C34H37F3N6O. The van der Waals surface area contributed by atoms with E-state index >= 15 is 0 Å². The van der Waals surface area contributed by atoms with Crippen LogP contribution in [0.25, 0.3) is 23.5 Å². The summed E-state index contributed by atoms with van der Waals surface area (Å²) < 4.78 is 43.6. The van der Waals surface area contributed by atoms with Crippen molar-refractivity contribution >= 4 is 30.2 Å². The first kappa shape index (κ1) is 32.2. The molecule has 2 aromatic heterocycles. The van der Waals surface area contributed by atoms with E-state index in [2.05, 4.69) is 50.2 Å². The zero-order valence-electron chi connectivity index (χ0n) is 25.3. The van der Waals surface area contributed by atoms with Crippen LogP contribution in [-0.2, 0) is 25.6 Å². The van der Waals surface area contributed by atoms with Crippen molar-refractivity contribution in [2.45, 2.75) is 52.7 Å². The lowest BCUT2D eigenvalue weighted by Gasteiger charge is -2.15. The summed E-state index contributed by atoms with van der Waals surface area (Å²) >= 11 is 0. The number of hydrogen-bond acceptors (Lipinski definition) is 5. The van der Waals surface area contributed by atoms with Gasteiger partial charge in [-0.05, 0) is 54.8 Å². The maximum absolute atomic E-state index is 14.1. The molecule has 0 atom stereocenters. The Morgan fingerprint density at radius 3 is 2.43 bits per heavy atom. The topological polar surface area (TPSA) is 83.3 Å². The van der Waals surface area contributed by atoms with Gasteiger partial charge in [0, 0.05) is 79.6 Å². The van der Waals surface area contributed by atoms with E-state index in [0.717, 1.165) is 65.2 Å². The van der Waals surface area contributed by atoms with Gasteiger partial charge < -0.3 is 20.5 Å². The van der Waals surface area contributed by atoms with Crippen LogP contribution in [0.1, 0.15) is 54.4 Å². The molecule has 10 heteroatoms. The molecule has 4 rings (SSSR count). The van der Waals surface area contributed by atoms with Crippen LogP contribution in [0.15, 0.2) is 72.0 Å². The molecule has 7 nitrogen and oxygen atoms in total. The van der Waals surface area contributed by atoms with Gasteiger partial charge in [0.05, 0.1) is 11.3 Å². The first-order chi connectivity index (χ1) is 21.0. The average molecular weight is 603 g/mol. The number of nitrogens with zero attached hydrogens (tertiary/aromatic N) is 3. The molecule has 0 aliphatic heterocycles. The molecule has 1 amide bonds. The van der Waals surface area contributed by atoms with Crippen molar-refractivity contribution in [3.63, 3.8) is 0 Å². The third-order valence-corrected chi connectivity index (χ3v) is 7.10. The third kappa shape index (κ3) is 7.62. The Bertz CT molecular complexity index is 1740. The van der Waals surface area contributed by atoms with Crippen LogP contribution in [0.3, 0.4) is 0 Å². The maximum Gasteiger partial charge on any atom is 0.272 e. The van der Waals surface area contributed by atoms with Gasteiger partial charge in [-0.25, -0.2) is 18.2 Å². The van der Waals surface area contributed by atoms with Gasteiger partial charge in [0.25, 0.3) is 11.8 Å². The minimum absolute atomic E-state index is 0.00984. The normalized spacial score (nSPS) is 12.4. The Morgan fingerprint density at radius 1 is 1.11 bits per heavy atom. The van der Waals surface area contributed by atoms with Gasteiger partial charge in [0.2, 0.25) is 0 Å². The third-order valence-electron chi connectivity index (χ3n) is 7.10. The number of aliphatic imine (C=N–C) groups is 1. The monoisotopic (exact) mass is 602 g/mol. The lowest BCUT2D eigenvalue weighted by Crippen LogP contribution is -2.32. The first-order valence-electron chi connectivity index (χ1n) is 14.4. The van der Waals surface area contributed by atoms with Crippen LogP contribution in [0, 0.1) is 5.82 Å². The number of alkyl halides is 2. The van der Waals surface area contributed by atoms with E-state index in [9.17, 15) is 18.0 Å². The minimum Gasteiger partial charge on any atom is -0.373 e. The molecule has 0 fully saturated rings. The Labute approximate surface area is 255 Å². The molecule has 2 heterocycles. The number of hydrogen-bond donors (Lipinski definition) is 3. The molecule has 0 spiro atoms. The number of rotatable bonds is 12. The molecule has 0 saturated heterocycles. The highest BCUT2D eigenvalue weighted by Crippen LogP contribution is 2.28. The zero-order valence-corrected chi connectivity index (χ0v) is 25.3. The van der Waals surface area contributed by atoms with Crippen LogP contribution in [-0.4, -0.2) is 28.7 Å². The Morgan fingerprint density at radius 2 is 1.82 bits per heavy atom. The lowest BCUT2D eigenvalue weighted by atomic mass is 10.0. The summed E-state index contributed by atoms with van der Waals surface area (Å²) in [6, 6.07) is 14.4. The van der Waals surface area contributed by atoms with Crippen LogP contribution >= 0.6 is 0 Å². The number of carbonyl (C=O) groups is 1. The number of amides is 1. The van der Waals surface area contributed by atoms with Gasteiger partial charge in [-0.2, -0.15) is 0 Å². The fourth-order valence-corrected chi connectivity index (χ4v) is 4.83. The molecule has 0 bridgehead atoms. The molecule has 0 unspecified atom stereocenters. The summed E-state index contributed by atoms with van der Waals surface area (Å²) in [5.41, 5.74) is 3.30. The highest BCUT2D eigenvalue weighted by molar-refractivity contribution is 6.05. The van der Waals surface area contributed by atoms with E-state index in [0.29, 0.717) is 17.9 Å². The van der Waals surface area contributed by atoms with Crippen molar-refractivity contribution in [3.8, 4) is 11.1 Å². The van der Waals surface area contributed by atoms with E-state index < -0.39 is 17.6 Å². The minimum atomic E-state index is -3.17. The van der Waals surface area contributed by atoms with Gasteiger partial charge in [-0.1, -0.05) is 37.8 Å². The molecule has 4 aromatic rings. The van der Waals surface area contributed by atoms with Gasteiger partial charge in [0.15, 0.2) is 0 Å². The fraction of sp³-hybridized carbons (Fsp3) is 0.265. The van der Waals surface area contributed by atoms with Crippen LogP contribution in [0.2, 0.25) is 0 Å². The summed E-state index contributed by atoms with van der Waals surface area (Å²) in [5.74, 6) is -3.50. The van der Waals surface area contributed by atoms with E-state index in [4.69, 9.17) is 0 Å². The molecule has 44 heavy (non-hydrogen) atoms. The molecular weight excluding hydrogens is 565 g/mol. The van der Waals surface area contributed by atoms with E-state index in [-0.39, 0.29) is 17.7 Å². The first-order valence-corrected chi connectivity index (χ1v) is 14.4. The van der Waals surface area contributed by atoms with E-state index in [1.165, 1.54) is 24.3 Å². The van der Waals surface area contributed by atoms with Crippen molar-refractivity contribution in [1.29, 1.82) is 0 Å². The van der Waals surface area contributed by atoms with E-state index in [1.807, 2.05) is 38.2 Å². The quantitative estimate of drug-likeness (QED) is 0.186. The van der Waals surface area contributed by atoms with E-state index in [1.54, 1.807) is 6.21 Å². The summed E-state index contributed by atoms with van der Waals surface area (Å²) in [6.07, 6.45) is 5.90. The summed E-state index contributed by atoms with van der Waals surface area (Å²) in [5, 5.41) is 10.9. The molecule has 0 aliphatic carbocycles. The van der Waals surface area contributed by atoms with Crippen LogP contribution in [0.4, 0.5) is 18.9 Å². The van der Waals surface area contributed by atoms with Crippen molar-refractivity contribution in [2.24, 2.45) is 4.99 Å². The second-order valence-electron chi connectivity index (χ2n) is 10.4. The summed E-state index contributed by atoms with van der Waals surface area (Å²) in [7, 11) is 1.84. The molecule has 230 valence electrons. The number of carbonyl (C=O) groups excluding carboxylic acids is 1. The summed E-state index contributed by atoms with van der Waals surface area (Å²) in [4.78, 5) is 21.8. The largest absolute Gasteiger partial charge is 0.373 e. The van der Waals surface area contributed by atoms with Gasteiger partial charge in [-0.3, -0.25) is 9.78 Å². The molecule has 0 aliphatic rings. The molecule has 0 radical (unpaired) electrons. The number of halogens is 3. The maximum atomic E-state index is 14.1. The average Bonchev–Trinajstić information content (AvgIpc) is 3.32. The molecule has 3 N–H and O–H groups in total. The standard InChI is InChI=1S/C34H37F3N6O/c1-6-16-43-21-29(31(22(43)3)32(38-5)40-7-2)24-10-8-23(9-11-24)18-39-20-30-28(17-25(19-41-30)34(4,36)37)33(44)42-27-14-12-26(35)13-15-27/h7-15,17,19,21,38-39H,3,6,16,18,20H2,1-2,4-5H3,(H,42,44)/b32-31+,40-7-. The summed E-state index contributed by atoms with van der Waals surface area (Å²) in [6.45, 7) is 10.5. The Balaban J connectivity index is 1.54. The predicted octanol–water partition coefficient (Wildman–Crippen LogP) is 5.54. The lowest BCUT2D eigenvalue weighted by molar-refractivity contribution is 0.0170. The smallest absolute Gasteiger partial charge is 0.272 e. The number of aryl methyl sites for hydroxylation is 1.